The maximum absolute atomic E-state index is 11.7. The summed E-state index contributed by atoms with van der Waals surface area (Å²) in [5.74, 6) is -0.194. The molecule has 2 amide bonds. The first-order valence-corrected chi connectivity index (χ1v) is 7.00. The van der Waals surface area contributed by atoms with E-state index in [0.29, 0.717) is 17.9 Å². The molecular formula is C15H24N4O2. The molecule has 1 aromatic carbocycles. The average Bonchev–Trinajstić information content (AvgIpc) is 2.39. The quantitative estimate of drug-likeness (QED) is 0.628. The zero-order valence-corrected chi connectivity index (χ0v) is 12.9. The molecule has 0 aliphatic rings. The van der Waals surface area contributed by atoms with E-state index in [9.17, 15) is 9.59 Å². The summed E-state index contributed by atoms with van der Waals surface area (Å²) < 4.78 is 0. The number of carbonyl (C=O) groups excluding carboxylic acids is 2. The maximum atomic E-state index is 11.7. The molecule has 0 radical (unpaired) electrons. The average molecular weight is 292 g/mol. The summed E-state index contributed by atoms with van der Waals surface area (Å²) in [4.78, 5) is 24.7. The maximum Gasteiger partial charge on any atom is 0.238 e. The molecule has 0 fully saturated rings. The van der Waals surface area contributed by atoms with Gasteiger partial charge >= 0.3 is 0 Å². The van der Waals surface area contributed by atoms with Crippen LogP contribution in [0.15, 0.2) is 24.3 Å². The second-order valence-electron chi connectivity index (χ2n) is 5.14. The summed E-state index contributed by atoms with van der Waals surface area (Å²) in [5, 5.41) is 8.57. The second-order valence-corrected chi connectivity index (χ2v) is 5.14. The van der Waals surface area contributed by atoms with Crippen molar-refractivity contribution in [3.05, 3.63) is 24.3 Å². The van der Waals surface area contributed by atoms with Gasteiger partial charge in [-0.25, -0.2) is 0 Å². The van der Waals surface area contributed by atoms with E-state index in [1.165, 1.54) is 6.92 Å². The molecule has 0 bridgehead atoms. The van der Waals surface area contributed by atoms with E-state index in [1.807, 2.05) is 14.1 Å². The fourth-order valence-electron chi connectivity index (χ4n) is 1.77. The first-order chi connectivity index (χ1) is 9.97. The third-order valence-electron chi connectivity index (χ3n) is 2.73. The molecule has 1 rings (SSSR count). The van der Waals surface area contributed by atoms with Crippen LogP contribution in [0.25, 0.3) is 0 Å². The molecule has 0 saturated carbocycles. The third-order valence-corrected chi connectivity index (χ3v) is 2.73. The van der Waals surface area contributed by atoms with Gasteiger partial charge in [0.2, 0.25) is 11.8 Å². The molecule has 0 unspecified atom stereocenters. The second kappa shape index (κ2) is 9.10. The first-order valence-electron chi connectivity index (χ1n) is 7.00. The normalized spacial score (nSPS) is 10.5. The van der Waals surface area contributed by atoms with Crippen molar-refractivity contribution >= 4 is 23.2 Å². The zero-order chi connectivity index (χ0) is 15.7. The molecule has 0 atom stereocenters. The van der Waals surface area contributed by atoms with Gasteiger partial charge in [-0.2, -0.15) is 0 Å². The van der Waals surface area contributed by atoms with Gasteiger partial charge in [-0.3, -0.25) is 9.59 Å². The molecule has 21 heavy (non-hydrogen) atoms. The van der Waals surface area contributed by atoms with Crippen LogP contribution in [0, 0.1) is 0 Å². The molecule has 1 aromatic rings. The summed E-state index contributed by atoms with van der Waals surface area (Å²) in [7, 11) is 4.05. The largest absolute Gasteiger partial charge is 0.326 e. The van der Waals surface area contributed by atoms with Crippen LogP contribution in [0.1, 0.15) is 13.3 Å². The molecule has 6 heteroatoms. The van der Waals surface area contributed by atoms with Crippen LogP contribution in [0.2, 0.25) is 0 Å². The number of nitrogens with one attached hydrogen (secondary N) is 3. The molecule has 0 saturated heterocycles. The van der Waals surface area contributed by atoms with E-state index in [-0.39, 0.29) is 11.8 Å². The van der Waals surface area contributed by atoms with Gasteiger partial charge in [-0.05, 0) is 57.9 Å². The van der Waals surface area contributed by atoms with Gasteiger partial charge in [-0.15, -0.1) is 0 Å². The van der Waals surface area contributed by atoms with Crippen molar-refractivity contribution < 1.29 is 9.59 Å². The Bertz CT molecular complexity index is 457. The molecule has 116 valence electrons. The Morgan fingerprint density at radius 3 is 2.14 bits per heavy atom. The van der Waals surface area contributed by atoms with Gasteiger partial charge in [0.05, 0.1) is 6.54 Å². The predicted octanol–water partition coefficient (Wildman–Crippen LogP) is 1.12. The van der Waals surface area contributed by atoms with E-state index in [4.69, 9.17) is 0 Å². The monoisotopic (exact) mass is 292 g/mol. The lowest BCUT2D eigenvalue weighted by Gasteiger charge is -2.10. The van der Waals surface area contributed by atoms with E-state index in [1.54, 1.807) is 24.3 Å². The number of hydrogen-bond donors (Lipinski definition) is 3. The Kier molecular flexibility index (Phi) is 7.42. The summed E-state index contributed by atoms with van der Waals surface area (Å²) in [6.07, 6.45) is 1.01. The van der Waals surface area contributed by atoms with Crippen molar-refractivity contribution in [3.8, 4) is 0 Å². The predicted molar refractivity (Wildman–Crippen MR) is 85.4 cm³/mol. The van der Waals surface area contributed by atoms with Crippen LogP contribution >= 0.6 is 0 Å². The lowest BCUT2D eigenvalue weighted by Crippen LogP contribution is -2.30. The number of carbonyl (C=O) groups is 2. The molecule has 0 spiro atoms. The Morgan fingerprint density at radius 1 is 1.05 bits per heavy atom. The lowest BCUT2D eigenvalue weighted by atomic mass is 10.2. The minimum absolute atomic E-state index is 0.0767. The van der Waals surface area contributed by atoms with E-state index in [0.717, 1.165) is 19.5 Å². The molecule has 0 aliphatic heterocycles. The Balaban J connectivity index is 2.26. The van der Waals surface area contributed by atoms with Gasteiger partial charge in [0, 0.05) is 18.3 Å². The molecule has 0 aromatic heterocycles. The molecule has 0 heterocycles. The van der Waals surface area contributed by atoms with Crippen LogP contribution < -0.4 is 16.0 Å². The van der Waals surface area contributed by atoms with Crippen LogP contribution in [-0.4, -0.2) is 50.4 Å². The van der Waals surface area contributed by atoms with Gasteiger partial charge in [0.15, 0.2) is 0 Å². The van der Waals surface area contributed by atoms with Crippen LogP contribution in [0.3, 0.4) is 0 Å². The highest BCUT2D eigenvalue weighted by atomic mass is 16.2. The highest BCUT2D eigenvalue weighted by Gasteiger charge is 2.02. The summed E-state index contributed by atoms with van der Waals surface area (Å²) in [6.45, 7) is 3.56. The summed E-state index contributed by atoms with van der Waals surface area (Å²) in [6, 6.07) is 7.02. The van der Waals surface area contributed by atoms with Crippen LogP contribution in [0.4, 0.5) is 11.4 Å². The molecule has 0 aliphatic carbocycles. The fourth-order valence-corrected chi connectivity index (χ4v) is 1.77. The highest BCUT2D eigenvalue weighted by molar-refractivity contribution is 5.93. The molecular weight excluding hydrogens is 268 g/mol. The summed E-state index contributed by atoms with van der Waals surface area (Å²) >= 11 is 0. The van der Waals surface area contributed by atoms with Gasteiger partial charge in [0.1, 0.15) is 0 Å². The lowest BCUT2D eigenvalue weighted by molar-refractivity contribution is -0.115. The van der Waals surface area contributed by atoms with Crippen molar-refractivity contribution in [1.29, 1.82) is 0 Å². The van der Waals surface area contributed by atoms with Crippen molar-refractivity contribution in [3.63, 3.8) is 0 Å². The standard InChI is InChI=1S/C15H24N4O2/c1-12(20)17-13-5-7-14(8-6-13)18-15(21)11-16-9-4-10-19(2)3/h5-8,16H,4,9-11H2,1-3H3,(H,17,20)(H,18,21). The number of rotatable bonds is 8. The molecule has 3 N–H and O–H groups in total. The molecule has 6 nitrogen and oxygen atoms in total. The fraction of sp³-hybridized carbons (Fsp3) is 0.467. The number of nitrogens with zero attached hydrogens (tertiary/aromatic N) is 1. The van der Waals surface area contributed by atoms with Crippen molar-refractivity contribution in [1.82, 2.24) is 10.2 Å². The van der Waals surface area contributed by atoms with E-state index in [2.05, 4.69) is 20.9 Å². The van der Waals surface area contributed by atoms with Gasteiger partial charge < -0.3 is 20.9 Å². The van der Waals surface area contributed by atoms with Crippen molar-refractivity contribution in [2.45, 2.75) is 13.3 Å². The van der Waals surface area contributed by atoms with Crippen molar-refractivity contribution in [2.24, 2.45) is 0 Å². The topological polar surface area (TPSA) is 73.5 Å². The number of amides is 2. The minimum Gasteiger partial charge on any atom is -0.326 e. The van der Waals surface area contributed by atoms with E-state index >= 15 is 0 Å². The smallest absolute Gasteiger partial charge is 0.238 e. The number of benzene rings is 1. The highest BCUT2D eigenvalue weighted by Crippen LogP contribution is 2.13. The van der Waals surface area contributed by atoms with Gasteiger partial charge in [-0.1, -0.05) is 0 Å². The SMILES string of the molecule is CC(=O)Nc1ccc(NC(=O)CNCCCN(C)C)cc1. The zero-order valence-electron chi connectivity index (χ0n) is 12.9. The Hall–Kier alpha value is -1.92. The van der Waals surface area contributed by atoms with Crippen LogP contribution in [-0.2, 0) is 9.59 Å². The third kappa shape index (κ3) is 8.06. The summed E-state index contributed by atoms with van der Waals surface area (Å²) in [5.41, 5.74) is 1.42. The number of anilines is 2. The van der Waals surface area contributed by atoms with E-state index < -0.39 is 0 Å². The Morgan fingerprint density at radius 2 is 1.62 bits per heavy atom. The minimum atomic E-state index is -0.117. The van der Waals surface area contributed by atoms with Crippen LogP contribution in [0.5, 0.6) is 0 Å². The Labute approximate surface area is 125 Å². The van der Waals surface area contributed by atoms with Gasteiger partial charge in [0.25, 0.3) is 0 Å². The first kappa shape index (κ1) is 17.1. The van der Waals surface area contributed by atoms with Crippen molar-refractivity contribution in [2.75, 3.05) is 44.4 Å². The number of hydrogen-bond acceptors (Lipinski definition) is 4.